The van der Waals surface area contributed by atoms with Gasteiger partial charge in [-0.25, -0.2) is 4.79 Å². The van der Waals surface area contributed by atoms with Crippen molar-refractivity contribution in [3.8, 4) is 0 Å². The van der Waals surface area contributed by atoms with Crippen molar-refractivity contribution in [2.45, 2.75) is 83.8 Å². The quantitative estimate of drug-likeness (QED) is 0.822. The second kappa shape index (κ2) is 6.75. The minimum absolute atomic E-state index is 0.160. The van der Waals surface area contributed by atoms with Crippen LogP contribution in [-0.4, -0.2) is 34.8 Å². The van der Waals surface area contributed by atoms with Crippen LogP contribution in [0.25, 0.3) is 0 Å². The van der Waals surface area contributed by atoms with Gasteiger partial charge in [0.2, 0.25) is 0 Å². The number of benzene rings is 1. The molecule has 1 aromatic rings. The van der Waals surface area contributed by atoms with E-state index in [0.29, 0.717) is 6.61 Å². The third-order valence-electron chi connectivity index (χ3n) is 4.90. The molecule has 1 aromatic carbocycles. The molecule has 2 heterocycles. The highest BCUT2D eigenvalue weighted by Crippen LogP contribution is 2.38. The molecule has 2 bridgehead atoms. The standard InChI is InChI=1S/C20H29NO3/c1-14-5-7-15(8-6-14)13-23-18-11-16-9-10-17(12-18)21(16)19(22)24-20(2,3)4/h5-8,16-18H,9-13H2,1-4H3/t16-,17+,18?. The van der Waals surface area contributed by atoms with Crippen LogP contribution in [0.1, 0.15) is 57.6 Å². The molecule has 132 valence electrons. The van der Waals surface area contributed by atoms with Gasteiger partial charge in [0.05, 0.1) is 12.7 Å². The molecule has 2 saturated heterocycles. The molecule has 1 unspecified atom stereocenters. The summed E-state index contributed by atoms with van der Waals surface area (Å²) < 4.78 is 11.7. The second-order valence-electron chi connectivity index (χ2n) is 8.16. The Bertz CT molecular complexity index is 562. The summed E-state index contributed by atoms with van der Waals surface area (Å²) in [5, 5.41) is 0. The summed E-state index contributed by atoms with van der Waals surface area (Å²) in [6.45, 7) is 8.50. The fraction of sp³-hybridized carbons (Fsp3) is 0.650. The van der Waals surface area contributed by atoms with Gasteiger partial charge in [-0.05, 0) is 58.9 Å². The van der Waals surface area contributed by atoms with Crippen LogP contribution in [0.4, 0.5) is 4.79 Å². The van der Waals surface area contributed by atoms with E-state index < -0.39 is 5.60 Å². The molecule has 0 spiro atoms. The van der Waals surface area contributed by atoms with Crippen LogP contribution in [0.3, 0.4) is 0 Å². The molecule has 0 aromatic heterocycles. The number of carbonyl (C=O) groups excluding carboxylic acids is 1. The monoisotopic (exact) mass is 331 g/mol. The van der Waals surface area contributed by atoms with E-state index in [0.717, 1.165) is 25.7 Å². The maximum Gasteiger partial charge on any atom is 0.410 e. The lowest BCUT2D eigenvalue weighted by molar-refractivity contribution is -0.0396. The van der Waals surface area contributed by atoms with E-state index in [-0.39, 0.29) is 24.3 Å². The highest BCUT2D eigenvalue weighted by Gasteiger charge is 2.45. The number of amides is 1. The highest BCUT2D eigenvalue weighted by atomic mass is 16.6. The summed E-state index contributed by atoms with van der Waals surface area (Å²) in [5.41, 5.74) is 2.04. The molecule has 1 amide bonds. The molecule has 0 saturated carbocycles. The Hall–Kier alpha value is -1.55. The fourth-order valence-electron chi connectivity index (χ4n) is 3.77. The fourth-order valence-corrected chi connectivity index (χ4v) is 3.77. The molecular formula is C20H29NO3. The van der Waals surface area contributed by atoms with Gasteiger partial charge in [0.25, 0.3) is 0 Å². The minimum atomic E-state index is -0.435. The zero-order valence-corrected chi connectivity index (χ0v) is 15.2. The van der Waals surface area contributed by atoms with Crippen LogP contribution in [-0.2, 0) is 16.1 Å². The Morgan fingerprint density at radius 1 is 1.12 bits per heavy atom. The molecule has 24 heavy (non-hydrogen) atoms. The van der Waals surface area contributed by atoms with Crippen LogP contribution in [0, 0.1) is 6.92 Å². The number of ether oxygens (including phenoxy) is 2. The van der Waals surface area contributed by atoms with Crippen LogP contribution >= 0.6 is 0 Å². The number of hydrogen-bond acceptors (Lipinski definition) is 3. The first-order valence-corrected chi connectivity index (χ1v) is 9.00. The Kier molecular flexibility index (Phi) is 4.86. The van der Waals surface area contributed by atoms with Crippen molar-refractivity contribution >= 4 is 6.09 Å². The van der Waals surface area contributed by atoms with Crippen molar-refractivity contribution in [3.05, 3.63) is 35.4 Å². The van der Waals surface area contributed by atoms with E-state index >= 15 is 0 Å². The molecule has 4 heteroatoms. The number of carbonyl (C=O) groups is 1. The van der Waals surface area contributed by atoms with E-state index in [2.05, 4.69) is 31.2 Å². The van der Waals surface area contributed by atoms with Gasteiger partial charge in [0.1, 0.15) is 5.60 Å². The van der Waals surface area contributed by atoms with E-state index in [1.54, 1.807) is 0 Å². The molecule has 2 aliphatic rings. The topological polar surface area (TPSA) is 38.8 Å². The van der Waals surface area contributed by atoms with Gasteiger partial charge in [0, 0.05) is 12.1 Å². The third-order valence-corrected chi connectivity index (χ3v) is 4.90. The van der Waals surface area contributed by atoms with E-state index in [1.165, 1.54) is 11.1 Å². The summed E-state index contributed by atoms with van der Waals surface area (Å²) in [5.74, 6) is 0. The van der Waals surface area contributed by atoms with Gasteiger partial charge >= 0.3 is 6.09 Å². The first-order valence-electron chi connectivity index (χ1n) is 9.00. The average molecular weight is 331 g/mol. The first kappa shape index (κ1) is 17.3. The summed E-state index contributed by atoms with van der Waals surface area (Å²) in [6.07, 6.45) is 4.04. The van der Waals surface area contributed by atoms with Crippen molar-refractivity contribution in [1.29, 1.82) is 0 Å². The highest BCUT2D eigenvalue weighted by molar-refractivity contribution is 5.69. The Labute approximate surface area is 145 Å². The van der Waals surface area contributed by atoms with Crippen molar-refractivity contribution in [1.82, 2.24) is 4.90 Å². The van der Waals surface area contributed by atoms with Crippen molar-refractivity contribution in [2.75, 3.05) is 0 Å². The van der Waals surface area contributed by atoms with E-state index in [9.17, 15) is 4.79 Å². The number of nitrogens with zero attached hydrogens (tertiary/aromatic N) is 1. The van der Waals surface area contributed by atoms with Crippen LogP contribution in [0.5, 0.6) is 0 Å². The van der Waals surface area contributed by atoms with Gasteiger partial charge in [-0.3, -0.25) is 0 Å². The predicted octanol–water partition coefficient (Wildman–Crippen LogP) is 4.44. The first-order chi connectivity index (χ1) is 11.3. The van der Waals surface area contributed by atoms with Gasteiger partial charge in [-0.2, -0.15) is 0 Å². The molecule has 2 fully saturated rings. The molecule has 3 atom stereocenters. The number of piperidine rings is 1. The smallest absolute Gasteiger partial charge is 0.410 e. The molecule has 0 N–H and O–H groups in total. The number of fused-ring (bicyclic) bond motifs is 2. The maximum absolute atomic E-state index is 12.5. The van der Waals surface area contributed by atoms with Gasteiger partial charge in [0.15, 0.2) is 0 Å². The molecule has 0 radical (unpaired) electrons. The minimum Gasteiger partial charge on any atom is -0.444 e. The van der Waals surface area contributed by atoms with Crippen molar-refractivity contribution in [2.24, 2.45) is 0 Å². The van der Waals surface area contributed by atoms with Gasteiger partial charge < -0.3 is 14.4 Å². The summed E-state index contributed by atoms with van der Waals surface area (Å²) in [7, 11) is 0. The summed E-state index contributed by atoms with van der Waals surface area (Å²) in [6, 6.07) is 9.02. The normalized spacial score (nSPS) is 26.5. The van der Waals surface area contributed by atoms with Crippen LogP contribution in [0.2, 0.25) is 0 Å². The van der Waals surface area contributed by atoms with Gasteiger partial charge in [-0.15, -0.1) is 0 Å². The molecule has 2 aliphatic heterocycles. The lowest BCUT2D eigenvalue weighted by Gasteiger charge is -2.39. The zero-order valence-electron chi connectivity index (χ0n) is 15.2. The Morgan fingerprint density at radius 3 is 2.25 bits per heavy atom. The largest absolute Gasteiger partial charge is 0.444 e. The van der Waals surface area contributed by atoms with Crippen molar-refractivity contribution < 1.29 is 14.3 Å². The molecule has 4 nitrogen and oxygen atoms in total. The lowest BCUT2D eigenvalue weighted by atomic mass is 10.00. The summed E-state index contributed by atoms with van der Waals surface area (Å²) in [4.78, 5) is 14.4. The van der Waals surface area contributed by atoms with Crippen LogP contribution < -0.4 is 0 Å². The number of rotatable bonds is 3. The van der Waals surface area contributed by atoms with Crippen LogP contribution in [0.15, 0.2) is 24.3 Å². The van der Waals surface area contributed by atoms with Gasteiger partial charge in [-0.1, -0.05) is 29.8 Å². The Morgan fingerprint density at radius 2 is 1.71 bits per heavy atom. The second-order valence-corrected chi connectivity index (χ2v) is 8.16. The summed E-state index contributed by atoms with van der Waals surface area (Å²) >= 11 is 0. The third kappa shape index (κ3) is 4.10. The molecule has 3 rings (SSSR count). The zero-order chi connectivity index (χ0) is 17.3. The van der Waals surface area contributed by atoms with E-state index in [1.807, 2.05) is 25.7 Å². The SMILES string of the molecule is Cc1ccc(COC2C[C@H]3CC[C@@H](C2)N3C(=O)OC(C)(C)C)cc1. The molecular weight excluding hydrogens is 302 g/mol. The van der Waals surface area contributed by atoms with Crippen molar-refractivity contribution in [3.63, 3.8) is 0 Å². The number of aryl methyl sites for hydroxylation is 1. The molecule has 0 aliphatic carbocycles. The van der Waals surface area contributed by atoms with E-state index in [4.69, 9.17) is 9.47 Å². The predicted molar refractivity (Wildman–Crippen MR) is 93.9 cm³/mol. The average Bonchev–Trinajstić information content (AvgIpc) is 2.76. The number of hydrogen-bond donors (Lipinski definition) is 0. The Balaban J connectivity index is 1.55. The lowest BCUT2D eigenvalue weighted by Crippen LogP contribution is -2.50. The maximum atomic E-state index is 12.5.